The van der Waals surface area contributed by atoms with E-state index in [1.54, 1.807) is 6.07 Å². The summed E-state index contributed by atoms with van der Waals surface area (Å²) in [6.45, 7) is 4.91. The summed E-state index contributed by atoms with van der Waals surface area (Å²) in [5.41, 5.74) is 3.33. The predicted octanol–water partition coefficient (Wildman–Crippen LogP) is 2.49. The number of carbonyl (C=O) groups is 1. The molecular weight excluding hydrogens is 498 g/mol. The number of morpholine rings is 1. The molecule has 1 amide bonds. The minimum atomic E-state index is -0.260. The summed E-state index contributed by atoms with van der Waals surface area (Å²) >= 11 is 0. The average Bonchev–Trinajstić information content (AvgIpc) is 3.53. The van der Waals surface area contributed by atoms with Crippen LogP contribution in [0.5, 0.6) is 0 Å². The number of carbonyl (C=O) groups excluding carboxylic acids is 1. The minimum Gasteiger partial charge on any atom is -0.390 e. The van der Waals surface area contributed by atoms with Crippen LogP contribution >= 0.6 is 0 Å². The van der Waals surface area contributed by atoms with Gasteiger partial charge in [-0.2, -0.15) is 10.1 Å². The minimum absolute atomic E-state index is 0.168. The van der Waals surface area contributed by atoms with Crippen molar-refractivity contribution in [2.75, 3.05) is 56.6 Å². The van der Waals surface area contributed by atoms with Gasteiger partial charge >= 0.3 is 0 Å². The smallest absolute Gasteiger partial charge is 0.270 e. The lowest BCUT2D eigenvalue weighted by atomic mass is 10.1. The van der Waals surface area contributed by atoms with Gasteiger partial charge < -0.3 is 25.5 Å². The van der Waals surface area contributed by atoms with Crippen LogP contribution in [0.25, 0.3) is 0 Å². The van der Waals surface area contributed by atoms with E-state index < -0.39 is 0 Å². The van der Waals surface area contributed by atoms with Crippen molar-refractivity contribution in [2.45, 2.75) is 31.3 Å². The van der Waals surface area contributed by atoms with E-state index in [1.165, 1.54) is 12.8 Å². The molecule has 2 fully saturated rings. The highest BCUT2D eigenvalue weighted by Gasteiger charge is 2.26. The zero-order valence-electron chi connectivity index (χ0n) is 21.7. The highest BCUT2D eigenvalue weighted by atomic mass is 16.6. The third-order valence-corrected chi connectivity index (χ3v) is 6.97. The molecule has 3 aromatic rings. The largest absolute Gasteiger partial charge is 0.390 e. The number of oxime groups is 1. The standard InChI is InChI=1S/C27H33N9O3/c37-26(28-8-9-36-10-12-38-13-11-36)23-16-24(31-25-15-21(33-34-25)19-6-7-19)32-27(30-23)29-17-20-14-22(35-39-20)18-4-2-1-3-5-18/h1-5,15-16,19-20H,6-14,17H2,(H,28,37)(H3,29,30,31,32,33,34). The van der Waals surface area contributed by atoms with Crippen LogP contribution in [0.3, 0.4) is 0 Å². The monoisotopic (exact) mass is 531 g/mol. The Kier molecular flexibility index (Phi) is 7.63. The van der Waals surface area contributed by atoms with Gasteiger partial charge in [0.15, 0.2) is 5.82 Å². The van der Waals surface area contributed by atoms with Gasteiger partial charge in [0.1, 0.15) is 17.6 Å². The summed E-state index contributed by atoms with van der Waals surface area (Å²) in [6, 6.07) is 13.6. The van der Waals surface area contributed by atoms with Crippen molar-refractivity contribution < 1.29 is 14.4 Å². The average molecular weight is 532 g/mol. The Bertz CT molecular complexity index is 1300. The first-order chi connectivity index (χ1) is 19.2. The number of hydrogen-bond donors (Lipinski definition) is 4. The molecule has 1 aromatic carbocycles. The highest BCUT2D eigenvalue weighted by Crippen LogP contribution is 2.39. The molecule has 1 saturated carbocycles. The van der Waals surface area contributed by atoms with Crippen LogP contribution in [0, 0.1) is 0 Å². The second kappa shape index (κ2) is 11.8. The molecule has 4 heterocycles. The van der Waals surface area contributed by atoms with Crippen molar-refractivity contribution in [1.29, 1.82) is 0 Å². The van der Waals surface area contributed by atoms with Gasteiger partial charge in [0.25, 0.3) is 5.91 Å². The van der Waals surface area contributed by atoms with E-state index in [1.807, 2.05) is 36.4 Å². The molecule has 1 atom stereocenters. The van der Waals surface area contributed by atoms with Crippen LogP contribution in [-0.2, 0) is 9.57 Å². The molecule has 4 N–H and O–H groups in total. The Labute approximate surface area is 226 Å². The molecule has 0 bridgehead atoms. The summed E-state index contributed by atoms with van der Waals surface area (Å²) in [5, 5.41) is 21.1. The lowest BCUT2D eigenvalue weighted by molar-refractivity contribution is 0.0383. The lowest BCUT2D eigenvalue weighted by Crippen LogP contribution is -2.41. The number of ether oxygens (including phenoxy) is 1. The maximum absolute atomic E-state index is 13.0. The summed E-state index contributed by atoms with van der Waals surface area (Å²) < 4.78 is 5.39. The van der Waals surface area contributed by atoms with E-state index >= 15 is 0 Å². The second-order valence-corrected chi connectivity index (χ2v) is 10.00. The Morgan fingerprint density at radius 3 is 2.74 bits per heavy atom. The SMILES string of the molecule is O=C(NCCN1CCOCC1)c1cc(Nc2cc(C3CC3)[nH]n2)nc(NCC2CC(c3ccccc3)=NO2)n1. The van der Waals surface area contributed by atoms with E-state index in [4.69, 9.17) is 9.57 Å². The van der Waals surface area contributed by atoms with E-state index in [9.17, 15) is 4.79 Å². The van der Waals surface area contributed by atoms with Crippen LogP contribution in [0.1, 0.15) is 46.9 Å². The summed E-state index contributed by atoms with van der Waals surface area (Å²) in [5.74, 6) is 1.75. The Balaban J connectivity index is 1.11. The summed E-state index contributed by atoms with van der Waals surface area (Å²) in [6.07, 6.45) is 2.85. The first-order valence-corrected chi connectivity index (χ1v) is 13.5. The fourth-order valence-corrected chi connectivity index (χ4v) is 4.63. The molecule has 1 aliphatic carbocycles. The van der Waals surface area contributed by atoms with Crippen molar-refractivity contribution >= 4 is 29.2 Å². The number of rotatable bonds is 11. The van der Waals surface area contributed by atoms with E-state index in [0.29, 0.717) is 43.0 Å². The zero-order chi connectivity index (χ0) is 26.4. The fraction of sp³-hybridized carbons (Fsp3) is 0.444. The molecule has 6 rings (SSSR count). The van der Waals surface area contributed by atoms with Gasteiger partial charge in [-0.3, -0.25) is 14.8 Å². The first-order valence-electron chi connectivity index (χ1n) is 13.5. The van der Waals surface area contributed by atoms with E-state index in [0.717, 1.165) is 49.8 Å². The lowest BCUT2D eigenvalue weighted by Gasteiger charge is -2.26. The number of aromatic nitrogens is 4. The third-order valence-electron chi connectivity index (χ3n) is 6.97. The third kappa shape index (κ3) is 6.70. The highest BCUT2D eigenvalue weighted by molar-refractivity contribution is 6.01. The van der Waals surface area contributed by atoms with E-state index in [2.05, 4.69) is 46.2 Å². The molecule has 2 aliphatic heterocycles. The zero-order valence-corrected chi connectivity index (χ0v) is 21.7. The van der Waals surface area contributed by atoms with Crippen LogP contribution in [0.2, 0.25) is 0 Å². The number of anilines is 3. The Morgan fingerprint density at radius 1 is 1.08 bits per heavy atom. The molecular formula is C27H33N9O3. The fourth-order valence-electron chi connectivity index (χ4n) is 4.63. The van der Waals surface area contributed by atoms with Crippen LogP contribution in [-0.4, -0.2) is 88.7 Å². The van der Waals surface area contributed by atoms with Gasteiger partial charge in [-0.25, -0.2) is 4.98 Å². The van der Waals surface area contributed by atoms with Gasteiger partial charge in [0, 0.05) is 56.3 Å². The predicted molar refractivity (Wildman–Crippen MR) is 146 cm³/mol. The van der Waals surface area contributed by atoms with Gasteiger partial charge in [-0.15, -0.1) is 0 Å². The van der Waals surface area contributed by atoms with Crippen molar-refractivity contribution in [1.82, 2.24) is 30.4 Å². The van der Waals surface area contributed by atoms with Gasteiger partial charge in [0.2, 0.25) is 5.95 Å². The maximum Gasteiger partial charge on any atom is 0.270 e. The number of benzene rings is 1. The molecule has 204 valence electrons. The quantitative estimate of drug-likeness (QED) is 0.294. The van der Waals surface area contributed by atoms with Crippen molar-refractivity contribution in [3.63, 3.8) is 0 Å². The topological polar surface area (TPSA) is 142 Å². The second-order valence-electron chi connectivity index (χ2n) is 10.00. The normalized spacial score (nSPS) is 19.3. The molecule has 39 heavy (non-hydrogen) atoms. The number of amides is 1. The molecule has 0 radical (unpaired) electrons. The van der Waals surface area contributed by atoms with Crippen LogP contribution in [0.15, 0.2) is 47.6 Å². The molecule has 2 aromatic heterocycles. The molecule has 0 spiro atoms. The van der Waals surface area contributed by atoms with Gasteiger partial charge in [-0.1, -0.05) is 35.5 Å². The molecule has 12 nitrogen and oxygen atoms in total. The number of H-pyrrole nitrogens is 1. The maximum atomic E-state index is 13.0. The van der Waals surface area contributed by atoms with Gasteiger partial charge in [0.05, 0.1) is 25.5 Å². The molecule has 1 saturated heterocycles. The summed E-state index contributed by atoms with van der Waals surface area (Å²) in [7, 11) is 0. The van der Waals surface area contributed by atoms with E-state index in [-0.39, 0.29) is 17.7 Å². The number of hydrogen-bond acceptors (Lipinski definition) is 10. The van der Waals surface area contributed by atoms with Crippen LogP contribution < -0.4 is 16.0 Å². The Morgan fingerprint density at radius 2 is 1.92 bits per heavy atom. The Hall–Kier alpha value is -4.03. The number of nitrogens with zero attached hydrogens (tertiary/aromatic N) is 5. The van der Waals surface area contributed by atoms with Crippen molar-refractivity contribution in [3.8, 4) is 0 Å². The molecule has 3 aliphatic rings. The van der Waals surface area contributed by atoms with Crippen molar-refractivity contribution in [3.05, 3.63) is 59.4 Å². The first kappa shape index (κ1) is 25.3. The number of aromatic amines is 1. The van der Waals surface area contributed by atoms with Crippen molar-refractivity contribution in [2.24, 2.45) is 5.16 Å². The summed E-state index contributed by atoms with van der Waals surface area (Å²) in [4.78, 5) is 30.0. The molecule has 12 heteroatoms. The van der Waals surface area contributed by atoms with Gasteiger partial charge in [-0.05, 0) is 18.4 Å². The number of nitrogens with one attached hydrogen (secondary N) is 4. The van der Waals surface area contributed by atoms with Crippen LogP contribution in [0.4, 0.5) is 17.6 Å². The molecule has 1 unspecified atom stereocenters.